The Morgan fingerprint density at radius 2 is 1.59 bits per heavy atom. The summed E-state index contributed by atoms with van der Waals surface area (Å²) in [6, 6.07) is 9.52. The average molecular weight is 319 g/mol. The van der Waals surface area contributed by atoms with Gasteiger partial charge in [-0.2, -0.15) is 0 Å². The Labute approximate surface area is 129 Å². The molecule has 0 atom stereocenters. The molecule has 0 aliphatic rings. The Hall–Kier alpha value is -2.34. The number of para-hydroxylation sites is 1. The molecule has 0 amide bonds. The second-order valence-electron chi connectivity index (χ2n) is 5.16. The van der Waals surface area contributed by atoms with Crippen LogP contribution in [0.1, 0.15) is 27.0 Å². The first-order chi connectivity index (χ1) is 10.2. The zero-order valence-electron chi connectivity index (χ0n) is 12.5. The van der Waals surface area contributed by atoms with Gasteiger partial charge < -0.3 is 5.11 Å². The number of hydrogen-bond acceptors (Lipinski definition) is 3. The standard InChI is InChI=1S/C16H17NO4S/c1-10-7-8-13(16(18)19)9-14(10)22(20,21)17-15-11(2)5-4-6-12(15)3/h4-9,17H,1-3H3,(H,18,19). The molecule has 0 aliphatic carbocycles. The minimum absolute atomic E-state index is 0.0324. The number of benzene rings is 2. The largest absolute Gasteiger partial charge is 0.478 e. The topological polar surface area (TPSA) is 83.5 Å². The number of rotatable bonds is 4. The first kappa shape index (κ1) is 16.0. The van der Waals surface area contributed by atoms with Crippen LogP contribution in [-0.4, -0.2) is 19.5 Å². The second kappa shape index (κ2) is 5.81. The fourth-order valence-electron chi connectivity index (χ4n) is 2.19. The Kier molecular flexibility index (Phi) is 4.23. The number of carboxylic acid groups (broad SMARTS) is 1. The van der Waals surface area contributed by atoms with Crippen molar-refractivity contribution in [1.29, 1.82) is 0 Å². The van der Waals surface area contributed by atoms with Gasteiger partial charge in [-0.15, -0.1) is 0 Å². The smallest absolute Gasteiger partial charge is 0.335 e. The van der Waals surface area contributed by atoms with Crippen LogP contribution in [-0.2, 0) is 10.0 Å². The lowest BCUT2D eigenvalue weighted by atomic mass is 10.1. The van der Waals surface area contributed by atoms with Gasteiger partial charge in [-0.05, 0) is 49.6 Å². The van der Waals surface area contributed by atoms with Crippen LogP contribution >= 0.6 is 0 Å². The number of carboxylic acids is 1. The van der Waals surface area contributed by atoms with Crippen LogP contribution < -0.4 is 4.72 Å². The molecule has 0 fully saturated rings. The van der Waals surface area contributed by atoms with Gasteiger partial charge in [0.25, 0.3) is 10.0 Å². The van der Waals surface area contributed by atoms with Gasteiger partial charge in [0.1, 0.15) is 0 Å². The third-order valence-electron chi connectivity index (χ3n) is 3.44. The van der Waals surface area contributed by atoms with Gasteiger partial charge in [0, 0.05) is 0 Å². The van der Waals surface area contributed by atoms with Crippen LogP contribution in [0.4, 0.5) is 5.69 Å². The van der Waals surface area contributed by atoms with E-state index in [4.69, 9.17) is 5.11 Å². The predicted molar refractivity (Wildman–Crippen MR) is 84.9 cm³/mol. The Morgan fingerprint density at radius 1 is 1.00 bits per heavy atom. The Balaban J connectivity index is 2.52. The molecular formula is C16H17NO4S. The van der Waals surface area contributed by atoms with Crippen molar-refractivity contribution < 1.29 is 18.3 Å². The highest BCUT2D eigenvalue weighted by atomic mass is 32.2. The van der Waals surface area contributed by atoms with Crippen molar-refractivity contribution in [1.82, 2.24) is 0 Å². The summed E-state index contributed by atoms with van der Waals surface area (Å²) in [4.78, 5) is 11.0. The number of aromatic carboxylic acids is 1. The van der Waals surface area contributed by atoms with E-state index in [0.29, 0.717) is 11.3 Å². The van der Waals surface area contributed by atoms with E-state index in [2.05, 4.69) is 4.72 Å². The summed E-state index contributed by atoms with van der Waals surface area (Å²) in [5.41, 5.74) is 2.55. The molecule has 2 rings (SSSR count). The molecule has 0 aromatic heterocycles. The summed E-state index contributed by atoms with van der Waals surface area (Å²) < 4.78 is 27.8. The highest BCUT2D eigenvalue weighted by Crippen LogP contribution is 2.25. The molecule has 2 aromatic rings. The number of nitrogens with one attached hydrogen (secondary N) is 1. The third kappa shape index (κ3) is 3.12. The van der Waals surface area contributed by atoms with Crippen LogP contribution in [0.3, 0.4) is 0 Å². The van der Waals surface area contributed by atoms with Gasteiger partial charge in [0.05, 0.1) is 16.1 Å². The number of hydrogen-bond donors (Lipinski definition) is 2. The normalized spacial score (nSPS) is 11.2. The minimum atomic E-state index is -3.86. The molecule has 0 radical (unpaired) electrons. The van der Waals surface area contributed by atoms with Crippen molar-refractivity contribution in [2.24, 2.45) is 0 Å². The highest BCUT2D eigenvalue weighted by Gasteiger charge is 2.20. The summed E-state index contributed by atoms with van der Waals surface area (Å²) in [6.07, 6.45) is 0. The van der Waals surface area contributed by atoms with Gasteiger partial charge in [-0.1, -0.05) is 24.3 Å². The molecule has 2 N–H and O–H groups in total. The molecule has 2 aromatic carbocycles. The number of carbonyl (C=O) groups is 1. The third-order valence-corrected chi connectivity index (χ3v) is 4.93. The maximum absolute atomic E-state index is 12.6. The van der Waals surface area contributed by atoms with Crippen molar-refractivity contribution in [3.8, 4) is 0 Å². The lowest BCUT2D eigenvalue weighted by molar-refractivity contribution is 0.0696. The van der Waals surface area contributed by atoms with Crippen molar-refractivity contribution in [3.63, 3.8) is 0 Å². The average Bonchev–Trinajstić information content (AvgIpc) is 2.43. The fourth-order valence-corrected chi connectivity index (χ4v) is 3.66. The molecule has 0 aliphatic heterocycles. The van der Waals surface area contributed by atoms with Gasteiger partial charge in [-0.25, -0.2) is 13.2 Å². The number of anilines is 1. The monoisotopic (exact) mass is 319 g/mol. The molecule has 116 valence electrons. The zero-order valence-corrected chi connectivity index (χ0v) is 13.4. The van der Waals surface area contributed by atoms with E-state index in [1.165, 1.54) is 18.2 Å². The van der Waals surface area contributed by atoms with E-state index < -0.39 is 16.0 Å². The first-order valence-electron chi connectivity index (χ1n) is 6.65. The summed E-state index contributed by atoms with van der Waals surface area (Å²) in [5, 5.41) is 9.03. The zero-order chi connectivity index (χ0) is 16.5. The lowest BCUT2D eigenvalue weighted by Gasteiger charge is -2.15. The fraction of sp³-hybridized carbons (Fsp3) is 0.188. The van der Waals surface area contributed by atoms with Crippen LogP contribution in [0, 0.1) is 20.8 Å². The van der Waals surface area contributed by atoms with E-state index in [9.17, 15) is 13.2 Å². The van der Waals surface area contributed by atoms with E-state index >= 15 is 0 Å². The second-order valence-corrected chi connectivity index (χ2v) is 6.81. The number of aryl methyl sites for hydroxylation is 3. The molecule has 0 bridgehead atoms. The van der Waals surface area contributed by atoms with Gasteiger partial charge in [0.2, 0.25) is 0 Å². The van der Waals surface area contributed by atoms with E-state index in [-0.39, 0.29) is 10.5 Å². The Bertz CT molecular complexity index is 821. The minimum Gasteiger partial charge on any atom is -0.478 e. The van der Waals surface area contributed by atoms with Crippen molar-refractivity contribution in [3.05, 3.63) is 58.7 Å². The van der Waals surface area contributed by atoms with Crippen LogP contribution in [0.2, 0.25) is 0 Å². The van der Waals surface area contributed by atoms with Gasteiger partial charge in [-0.3, -0.25) is 4.72 Å². The van der Waals surface area contributed by atoms with Crippen molar-refractivity contribution >= 4 is 21.7 Å². The summed E-state index contributed by atoms with van der Waals surface area (Å²) in [5.74, 6) is -1.16. The SMILES string of the molecule is Cc1ccc(C(=O)O)cc1S(=O)(=O)Nc1c(C)cccc1C. The highest BCUT2D eigenvalue weighted by molar-refractivity contribution is 7.92. The van der Waals surface area contributed by atoms with Gasteiger partial charge >= 0.3 is 5.97 Å². The van der Waals surface area contributed by atoms with E-state index in [1.807, 2.05) is 32.0 Å². The molecule has 0 saturated carbocycles. The molecule has 0 heterocycles. The molecular weight excluding hydrogens is 302 g/mol. The van der Waals surface area contributed by atoms with Crippen LogP contribution in [0.25, 0.3) is 0 Å². The molecule has 0 spiro atoms. The van der Waals surface area contributed by atoms with Crippen molar-refractivity contribution in [2.45, 2.75) is 25.7 Å². The van der Waals surface area contributed by atoms with Crippen LogP contribution in [0.15, 0.2) is 41.3 Å². The predicted octanol–water partition coefficient (Wildman–Crippen LogP) is 3.11. The summed E-state index contributed by atoms with van der Waals surface area (Å²) in [7, 11) is -3.86. The summed E-state index contributed by atoms with van der Waals surface area (Å²) >= 11 is 0. The van der Waals surface area contributed by atoms with E-state index in [1.54, 1.807) is 6.92 Å². The molecule has 22 heavy (non-hydrogen) atoms. The van der Waals surface area contributed by atoms with Crippen LogP contribution in [0.5, 0.6) is 0 Å². The molecule has 0 saturated heterocycles. The molecule has 0 unspecified atom stereocenters. The van der Waals surface area contributed by atoms with E-state index in [0.717, 1.165) is 11.1 Å². The number of sulfonamides is 1. The lowest BCUT2D eigenvalue weighted by Crippen LogP contribution is -2.16. The quantitative estimate of drug-likeness (QED) is 0.907. The van der Waals surface area contributed by atoms with Crippen molar-refractivity contribution in [2.75, 3.05) is 4.72 Å². The summed E-state index contributed by atoms with van der Waals surface area (Å²) in [6.45, 7) is 5.25. The maximum Gasteiger partial charge on any atom is 0.335 e. The molecule has 6 heteroatoms. The van der Waals surface area contributed by atoms with Gasteiger partial charge in [0.15, 0.2) is 0 Å². The first-order valence-corrected chi connectivity index (χ1v) is 8.13. The Morgan fingerprint density at radius 3 is 2.14 bits per heavy atom. The molecule has 5 nitrogen and oxygen atoms in total. The maximum atomic E-state index is 12.6.